The third-order valence-corrected chi connectivity index (χ3v) is 2.76. The number of aliphatic hydroxyl groups excluding tert-OH is 2. The second kappa shape index (κ2) is 5.77. The number of aliphatic hydroxyl groups is 4. The van der Waals surface area contributed by atoms with Gasteiger partial charge in [0.15, 0.2) is 5.79 Å². The van der Waals surface area contributed by atoms with Gasteiger partial charge in [-0.05, 0) is 19.3 Å². The van der Waals surface area contributed by atoms with Crippen LogP contribution in [-0.2, 0) is 4.74 Å². The lowest BCUT2D eigenvalue weighted by atomic mass is 10.2. The standard InChI is InChI=1S/C5H10O3.C5H10O2/c6-3-5-4(7)1-2-8-5;6-5(7)3-1-2-4-5/h4-7H,1-3H2;6-7H,1-4H2. The van der Waals surface area contributed by atoms with E-state index >= 15 is 0 Å². The molecule has 0 spiro atoms. The summed E-state index contributed by atoms with van der Waals surface area (Å²) in [7, 11) is 0. The molecule has 2 atom stereocenters. The van der Waals surface area contributed by atoms with Crippen LogP contribution < -0.4 is 0 Å². The van der Waals surface area contributed by atoms with Crippen LogP contribution in [0.2, 0.25) is 0 Å². The Morgan fingerprint density at radius 1 is 1.20 bits per heavy atom. The lowest BCUT2D eigenvalue weighted by Gasteiger charge is -2.11. The third kappa shape index (κ3) is 4.44. The molecule has 90 valence electrons. The number of ether oxygens (including phenoxy) is 1. The maximum atomic E-state index is 8.90. The summed E-state index contributed by atoms with van der Waals surface area (Å²) < 4.78 is 4.91. The molecule has 1 saturated heterocycles. The van der Waals surface area contributed by atoms with E-state index in [2.05, 4.69) is 0 Å². The van der Waals surface area contributed by atoms with Crippen LogP contribution in [0.1, 0.15) is 32.1 Å². The molecule has 2 rings (SSSR count). The van der Waals surface area contributed by atoms with Crippen LogP contribution in [0.25, 0.3) is 0 Å². The first-order valence-corrected chi connectivity index (χ1v) is 5.40. The molecular formula is C10H20O5. The predicted octanol–water partition coefficient (Wildman–Crippen LogP) is -0.630. The Kier molecular flexibility index (Phi) is 4.95. The fourth-order valence-electron chi connectivity index (χ4n) is 1.75. The van der Waals surface area contributed by atoms with Crippen molar-refractivity contribution in [2.45, 2.75) is 50.1 Å². The highest BCUT2D eigenvalue weighted by molar-refractivity contribution is 4.73. The van der Waals surface area contributed by atoms with Gasteiger partial charge >= 0.3 is 0 Å². The third-order valence-electron chi connectivity index (χ3n) is 2.76. The van der Waals surface area contributed by atoms with Crippen LogP contribution >= 0.6 is 0 Å². The summed E-state index contributed by atoms with van der Waals surface area (Å²) in [6.07, 6.45) is 2.94. The Balaban J connectivity index is 0.000000151. The van der Waals surface area contributed by atoms with Gasteiger partial charge in [0.1, 0.15) is 6.10 Å². The molecule has 2 unspecified atom stereocenters. The fraction of sp³-hybridized carbons (Fsp3) is 1.00. The average Bonchev–Trinajstić information content (AvgIpc) is 2.75. The smallest absolute Gasteiger partial charge is 0.162 e. The highest BCUT2D eigenvalue weighted by Crippen LogP contribution is 2.25. The average molecular weight is 220 g/mol. The molecule has 2 aliphatic rings. The van der Waals surface area contributed by atoms with Gasteiger partial charge < -0.3 is 25.2 Å². The first-order valence-electron chi connectivity index (χ1n) is 5.40. The summed E-state index contributed by atoms with van der Waals surface area (Å²) in [5, 5.41) is 34.9. The zero-order valence-corrected chi connectivity index (χ0v) is 8.80. The van der Waals surface area contributed by atoms with E-state index in [0.717, 1.165) is 12.8 Å². The minimum atomic E-state index is -1.31. The first-order chi connectivity index (χ1) is 7.05. The summed E-state index contributed by atoms with van der Waals surface area (Å²) >= 11 is 0. The van der Waals surface area contributed by atoms with E-state index < -0.39 is 11.9 Å². The van der Waals surface area contributed by atoms with Crippen LogP contribution in [-0.4, -0.2) is 51.6 Å². The van der Waals surface area contributed by atoms with Crippen molar-refractivity contribution in [3.63, 3.8) is 0 Å². The maximum Gasteiger partial charge on any atom is 0.162 e. The monoisotopic (exact) mass is 220 g/mol. The van der Waals surface area contributed by atoms with E-state index in [-0.39, 0.29) is 12.7 Å². The Labute approximate surface area is 89.3 Å². The highest BCUT2D eigenvalue weighted by atomic mass is 16.5. The summed E-state index contributed by atoms with van der Waals surface area (Å²) in [6, 6.07) is 0. The molecule has 0 amide bonds. The minimum absolute atomic E-state index is 0.0683. The van der Waals surface area contributed by atoms with Gasteiger partial charge in [-0.25, -0.2) is 0 Å². The molecule has 15 heavy (non-hydrogen) atoms. The zero-order valence-electron chi connectivity index (χ0n) is 8.80. The topological polar surface area (TPSA) is 90.2 Å². The lowest BCUT2D eigenvalue weighted by Crippen LogP contribution is -2.24. The van der Waals surface area contributed by atoms with Gasteiger partial charge in [0.25, 0.3) is 0 Å². The van der Waals surface area contributed by atoms with Crippen molar-refractivity contribution in [3.05, 3.63) is 0 Å². The summed E-state index contributed by atoms with van der Waals surface area (Å²) in [4.78, 5) is 0. The molecule has 0 aromatic carbocycles. The molecule has 0 bridgehead atoms. The largest absolute Gasteiger partial charge is 0.394 e. The van der Waals surface area contributed by atoms with E-state index in [0.29, 0.717) is 25.9 Å². The molecule has 1 aliphatic carbocycles. The van der Waals surface area contributed by atoms with E-state index in [4.69, 9.17) is 25.2 Å². The lowest BCUT2D eigenvalue weighted by molar-refractivity contribution is -0.152. The summed E-state index contributed by atoms with van der Waals surface area (Å²) in [5.41, 5.74) is 0. The summed E-state index contributed by atoms with van der Waals surface area (Å²) in [6.45, 7) is 0.508. The SMILES string of the molecule is OC1(O)CCCC1.OCC1OCCC1O. The number of hydrogen-bond donors (Lipinski definition) is 4. The first kappa shape index (κ1) is 12.9. The quantitative estimate of drug-likeness (QED) is 0.442. The van der Waals surface area contributed by atoms with E-state index in [9.17, 15) is 0 Å². The van der Waals surface area contributed by atoms with Crippen molar-refractivity contribution < 1.29 is 25.2 Å². The van der Waals surface area contributed by atoms with Gasteiger partial charge in [0.2, 0.25) is 0 Å². The van der Waals surface area contributed by atoms with Crippen molar-refractivity contribution in [2.24, 2.45) is 0 Å². The number of rotatable bonds is 1. The van der Waals surface area contributed by atoms with E-state index in [1.54, 1.807) is 0 Å². The maximum absolute atomic E-state index is 8.90. The van der Waals surface area contributed by atoms with Crippen LogP contribution in [0.15, 0.2) is 0 Å². The molecule has 4 N–H and O–H groups in total. The van der Waals surface area contributed by atoms with E-state index in [1.807, 2.05) is 0 Å². The molecule has 1 heterocycles. The van der Waals surface area contributed by atoms with Crippen LogP contribution in [0, 0.1) is 0 Å². The van der Waals surface area contributed by atoms with Crippen molar-refractivity contribution in [1.82, 2.24) is 0 Å². The molecule has 2 fully saturated rings. The molecule has 1 saturated carbocycles. The van der Waals surface area contributed by atoms with Crippen molar-refractivity contribution in [2.75, 3.05) is 13.2 Å². The van der Waals surface area contributed by atoms with E-state index in [1.165, 1.54) is 0 Å². The molecule has 0 radical (unpaired) electrons. The van der Waals surface area contributed by atoms with Crippen LogP contribution in [0.5, 0.6) is 0 Å². The normalized spacial score (nSPS) is 33.6. The predicted molar refractivity (Wildman–Crippen MR) is 53.1 cm³/mol. The molecular weight excluding hydrogens is 200 g/mol. The molecule has 0 aromatic rings. The Hall–Kier alpha value is -0.200. The molecule has 5 nitrogen and oxygen atoms in total. The van der Waals surface area contributed by atoms with Gasteiger partial charge in [-0.2, -0.15) is 0 Å². The van der Waals surface area contributed by atoms with Gasteiger partial charge in [-0.15, -0.1) is 0 Å². The summed E-state index contributed by atoms with van der Waals surface area (Å²) in [5.74, 6) is -1.31. The van der Waals surface area contributed by atoms with Crippen LogP contribution in [0.3, 0.4) is 0 Å². The zero-order chi connectivity index (χ0) is 11.3. The minimum Gasteiger partial charge on any atom is -0.394 e. The second-order valence-electron chi connectivity index (χ2n) is 4.14. The highest BCUT2D eigenvalue weighted by Gasteiger charge is 2.27. The van der Waals surface area contributed by atoms with Crippen molar-refractivity contribution in [1.29, 1.82) is 0 Å². The fourth-order valence-corrected chi connectivity index (χ4v) is 1.75. The second-order valence-corrected chi connectivity index (χ2v) is 4.14. The van der Waals surface area contributed by atoms with Gasteiger partial charge in [-0.3, -0.25) is 0 Å². The van der Waals surface area contributed by atoms with Crippen LogP contribution in [0.4, 0.5) is 0 Å². The van der Waals surface area contributed by atoms with Gasteiger partial charge in [0.05, 0.1) is 12.7 Å². The van der Waals surface area contributed by atoms with Crippen molar-refractivity contribution >= 4 is 0 Å². The molecule has 1 aliphatic heterocycles. The van der Waals surface area contributed by atoms with Crippen molar-refractivity contribution in [3.8, 4) is 0 Å². The Bertz CT molecular complexity index is 175. The van der Waals surface area contributed by atoms with Gasteiger partial charge in [0, 0.05) is 19.4 Å². The molecule has 5 heteroatoms. The Morgan fingerprint density at radius 2 is 1.80 bits per heavy atom. The number of hydrogen-bond acceptors (Lipinski definition) is 5. The molecule has 0 aromatic heterocycles. The van der Waals surface area contributed by atoms with Gasteiger partial charge in [-0.1, -0.05) is 0 Å². The Morgan fingerprint density at radius 3 is 2.00 bits per heavy atom.